The van der Waals surface area contributed by atoms with E-state index in [1.54, 1.807) is 18.9 Å². The van der Waals surface area contributed by atoms with Crippen LogP contribution in [0.2, 0.25) is 5.02 Å². The molecule has 5 rings (SSSR count). The molecule has 0 unspecified atom stereocenters. The Morgan fingerprint density at radius 2 is 1.86 bits per heavy atom. The maximum atomic E-state index is 13.6. The number of methoxy groups -OCH3 is 1. The fourth-order valence-electron chi connectivity index (χ4n) is 3.64. The zero-order chi connectivity index (χ0) is 24.4. The topological polar surface area (TPSA) is 72.3 Å². The molecule has 5 aromatic rings. The van der Waals surface area contributed by atoms with Crippen molar-refractivity contribution in [1.82, 2.24) is 14.8 Å². The number of aromatic amines is 1. The molecule has 6 nitrogen and oxygen atoms in total. The number of nitrogens with one attached hydrogen (secondary N) is 1. The quantitative estimate of drug-likeness (QED) is 0.188. The summed E-state index contributed by atoms with van der Waals surface area (Å²) in [4.78, 5) is 24.1. The van der Waals surface area contributed by atoms with Crippen molar-refractivity contribution >= 4 is 56.3 Å². The first kappa shape index (κ1) is 23.4. The summed E-state index contributed by atoms with van der Waals surface area (Å²) < 4.78 is 7.77. The zero-order valence-electron chi connectivity index (χ0n) is 19.0. The monoisotopic (exact) mass is 520 g/mol. The number of fused-ring (bicyclic) bond motifs is 1. The zero-order valence-corrected chi connectivity index (χ0v) is 21.4. The van der Waals surface area contributed by atoms with Gasteiger partial charge >= 0.3 is 0 Å². The van der Waals surface area contributed by atoms with Crippen LogP contribution in [0.3, 0.4) is 0 Å². The Balaban J connectivity index is 1.56. The lowest BCUT2D eigenvalue weighted by atomic mass is 10.1. The van der Waals surface area contributed by atoms with Gasteiger partial charge in [0.15, 0.2) is 0 Å². The summed E-state index contributed by atoms with van der Waals surface area (Å²) in [5, 5.41) is 4.58. The van der Waals surface area contributed by atoms with E-state index in [9.17, 15) is 4.79 Å². The first-order valence-corrected chi connectivity index (χ1v) is 13.0. The second-order valence-electron chi connectivity index (χ2n) is 7.71. The average Bonchev–Trinajstić information content (AvgIpc) is 3.44. The number of rotatable bonds is 7. The van der Waals surface area contributed by atoms with Gasteiger partial charge < -0.3 is 4.74 Å². The van der Waals surface area contributed by atoms with Gasteiger partial charge in [-0.05, 0) is 67.6 Å². The standard InChI is InChI=1S/C26H21ClN4O2S2/c1-16(28-18-9-11-19(33-2)12-10-18)24-22(15-34-20-13-7-17(27)8-14-20)30-31(25(24)32)26-29-21-5-3-4-6-23(21)35-26/h3-14,30H,15H2,1-2H3. The average molecular weight is 521 g/mol. The number of thiazole rings is 1. The van der Waals surface area contributed by atoms with E-state index in [2.05, 4.69) is 10.1 Å². The Bertz CT molecular complexity index is 1540. The summed E-state index contributed by atoms with van der Waals surface area (Å²) >= 11 is 9.11. The van der Waals surface area contributed by atoms with Gasteiger partial charge in [-0.2, -0.15) is 4.68 Å². The maximum absolute atomic E-state index is 13.6. The van der Waals surface area contributed by atoms with Crippen molar-refractivity contribution in [2.75, 3.05) is 7.11 Å². The van der Waals surface area contributed by atoms with Crippen molar-refractivity contribution in [2.24, 2.45) is 4.99 Å². The molecule has 35 heavy (non-hydrogen) atoms. The van der Waals surface area contributed by atoms with Crippen LogP contribution in [-0.2, 0) is 5.75 Å². The molecule has 0 amide bonds. The Morgan fingerprint density at radius 3 is 2.57 bits per heavy atom. The lowest BCUT2D eigenvalue weighted by Gasteiger charge is -2.04. The summed E-state index contributed by atoms with van der Waals surface area (Å²) in [7, 11) is 1.62. The van der Waals surface area contributed by atoms with Crippen LogP contribution in [0.25, 0.3) is 15.3 Å². The van der Waals surface area contributed by atoms with Gasteiger partial charge in [-0.15, -0.1) is 11.8 Å². The smallest absolute Gasteiger partial charge is 0.282 e. The van der Waals surface area contributed by atoms with E-state index in [0.29, 0.717) is 27.2 Å². The van der Waals surface area contributed by atoms with Crippen molar-refractivity contribution in [3.8, 4) is 10.9 Å². The Kier molecular flexibility index (Phi) is 6.77. The molecule has 0 fully saturated rings. The highest BCUT2D eigenvalue weighted by Gasteiger charge is 2.20. The number of ether oxygens (including phenoxy) is 1. The molecule has 176 valence electrons. The van der Waals surface area contributed by atoms with Gasteiger partial charge in [-0.25, -0.2) is 4.98 Å². The van der Waals surface area contributed by atoms with E-state index in [-0.39, 0.29) is 5.56 Å². The number of para-hydroxylation sites is 1. The number of H-pyrrole nitrogens is 1. The Hall–Kier alpha value is -3.33. The molecule has 2 heterocycles. The maximum Gasteiger partial charge on any atom is 0.282 e. The van der Waals surface area contributed by atoms with Gasteiger partial charge in [-0.3, -0.25) is 14.9 Å². The molecular weight excluding hydrogens is 500 g/mol. The van der Waals surface area contributed by atoms with E-state index < -0.39 is 0 Å². The number of hydrogen-bond acceptors (Lipinski definition) is 6. The molecule has 1 N–H and O–H groups in total. The van der Waals surface area contributed by atoms with Gasteiger partial charge in [-0.1, -0.05) is 35.1 Å². The Morgan fingerprint density at radius 1 is 1.11 bits per heavy atom. The van der Waals surface area contributed by atoms with E-state index >= 15 is 0 Å². The lowest BCUT2D eigenvalue weighted by Crippen LogP contribution is -2.19. The van der Waals surface area contributed by atoms with Crippen LogP contribution < -0.4 is 10.3 Å². The highest BCUT2D eigenvalue weighted by Crippen LogP contribution is 2.28. The third-order valence-corrected chi connectivity index (χ3v) is 7.68. The molecule has 0 spiro atoms. The van der Waals surface area contributed by atoms with E-state index in [0.717, 1.165) is 32.2 Å². The van der Waals surface area contributed by atoms with E-state index in [1.165, 1.54) is 16.0 Å². The SMILES string of the molecule is COc1ccc(N=C(C)c2c(CSc3ccc(Cl)cc3)[nH]n(-c3nc4ccccc4s3)c2=O)cc1. The van der Waals surface area contributed by atoms with Gasteiger partial charge in [0.1, 0.15) is 5.75 Å². The van der Waals surface area contributed by atoms with Crippen LogP contribution in [0, 0.1) is 0 Å². The first-order chi connectivity index (χ1) is 17.0. The van der Waals surface area contributed by atoms with Crippen LogP contribution in [0.4, 0.5) is 5.69 Å². The largest absolute Gasteiger partial charge is 0.497 e. The molecule has 0 aliphatic heterocycles. The van der Waals surface area contributed by atoms with Crippen LogP contribution in [0.1, 0.15) is 18.2 Å². The normalized spacial score (nSPS) is 11.8. The first-order valence-electron chi connectivity index (χ1n) is 10.8. The van der Waals surface area contributed by atoms with Crippen LogP contribution in [-0.4, -0.2) is 27.6 Å². The minimum absolute atomic E-state index is 0.175. The minimum Gasteiger partial charge on any atom is -0.497 e. The molecule has 0 radical (unpaired) electrons. The van der Waals surface area contributed by atoms with Crippen molar-refractivity contribution in [3.05, 3.63) is 99.4 Å². The van der Waals surface area contributed by atoms with Crippen molar-refractivity contribution < 1.29 is 4.74 Å². The molecule has 2 aromatic heterocycles. The van der Waals surface area contributed by atoms with Crippen LogP contribution in [0.5, 0.6) is 5.75 Å². The molecule has 0 atom stereocenters. The number of benzene rings is 3. The third-order valence-electron chi connectivity index (χ3n) is 5.37. The minimum atomic E-state index is -0.175. The summed E-state index contributed by atoms with van der Waals surface area (Å²) in [6.45, 7) is 1.86. The molecule has 0 saturated carbocycles. The molecule has 0 saturated heterocycles. The highest BCUT2D eigenvalue weighted by molar-refractivity contribution is 7.98. The molecule has 3 aromatic carbocycles. The number of hydrogen-bond donors (Lipinski definition) is 1. The highest BCUT2D eigenvalue weighted by atomic mass is 35.5. The fourth-order valence-corrected chi connectivity index (χ4v) is 5.54. The molecule has 0 aliphatic carbocycles. The van der Waals surface area contributed by atoms with E-state index in [1.807, 2.05) is 79.7 Å². The number of nitrogens with zero attached hydrogens (tertiary/aromatic N) is 3. The number of halogens is 1. The van der Waals surface area contributed by atoms with Gasteiger partial charge in [0.05, 0.1) is 40.0 Å². The summed E-state index contributed by atoms with van der Waals surface area (Å²) in [6.07, 6.45) is 0. The number of thioether (sulfide) groups is 1. The van der Waals surface area contributed by atoms with Crippen LogP contribution >= 0.6 is 34.7 Å². The van der Waals surface area contributed by atoms with Crippen LogP contribution in [0.15, 0.2) is 87.5 Å². The number of aromatic nitrogens is 3. The second kappa shape index (κ2) is 10.1. The predicted molar refractivity (Wildman–Crippen MR) is 145 cm³/mol. The van der Waals surface area contributed by atoms with Gasteiger partial charge in [0.2, 0.25) is 5.13 Å². The Labute approximate surface area is 215 Å². The number of aliphatic imine (C=N–C) groups is 1. The molecule has 0 bridgehead atoms. The lowest BCUT2D eigenvalue weighted by molar-refractivity contribution is 0.415. The molecule has 0 aliphatic rings. The predicted octanol–water partition coefficient (Wildman–Crippen LogP) is 6.87. The van der Waals surface area contributed by atoms with E-state index in [4.69, 9.17) is 21.3 Å². The summed E-state index contributed by atoms with van der Waals surface area (Å²) in [5.74, 6) is 1.31. The summed E-state index contributed by atoms with van der Waals surface area (Å²) in [6, 6.07) is 22.9. The van der Waals surface area contributed by atoms with Crippen molar-refractivity contribution in [2.45, 2.75) is 17.6 Å². The van der Waals surface area contributed by atoms with Gasteiger partial charge in [0, 0.05) is 15.7 Å². The van der Waals surface area contributed by atoms with Gasteiger partial charge in [0.25, 0.3) is 5.56 Å². The molecule has 9 heteroatoms. The molecular formula is C26H21ClN4O2S2. The third kappa shape index (κ3) is 5.05. The fraction of sp³-hybridized carbons (Fsp3) is 0.115. The summed E-state index contributed by atoms with van der Waals surface area (Å²) in [5.41, 5.74) is 3.38. The second-order valence-corrected chi connectivity index (χ2v) is 10.2. The van der Waals surface area contributed by atoms with Crippen molar-refractivity contribution in [1.29, 1.82) is 0 Å². The van der Waals surface area contributed by atoms with Crippen molar-refractivity contribution in [3.63, 3.8) is 0 Å².